The number of aryl methyl sites for hydroxylation is 1. The van der Waals surface area contributed by atoms with Gasteiger partial charge in [-0.1, -0.05) is 35.9 Å². The summed E-state index contributed by atoms with van der Waals surface area (Å²) in [5.41, 5.74) is 10.4. The molecule has 3 heteroatoms. The zero-order valence-electron chi connectivity index (χ0n) is 12.4. The molecule has 0 saturated heterocycles. The zero-order valence-corrected chi connectivity index (χ0v) is 12.4. The second kappa shape index (κ2) is 5.54. The third-order valence-corrected chi connectivity index (χ3v) is 3.77. The number of hydrogen-bond acceptors (Lipinski definition) is 3. The average Bonchev–Trinajstić information content (AvgIpc) is 2.53. The summed E-state index contributed by atoms with van der Waals surface area (Å²) in [6.07, 6.45) is 0. The summed E-state index contributed by atoms with van der Waals surface area (Å²) >= 11 is 0. The van der Waals surface area contributed by atoms with E-state index in [2.05, 4.69) is 48.2 Å². The molecule has 0 unspecified atom stereocenters. The third kappa shape index (κ3) is 2.60. The number of benzene rings is 2. The summed E-state index contributed by atoms with van der Waals surface area (Å²) in [6, 6.07) is 18.6. The van der Waals surface area contributed by atoms with Gasteiger partial charge in [-0.25, -0.2) is 4.98 Å². The van der Waals surface area contributed by atoms with E-state index in [9.17, 15) is 0 Å². The fourth-order valence-corrected chi connectivity index (χ4v) is 2.47. The van der Waals surface area contributed by atoms with E-state index in [0.717, 1.165) is 28.0 Å². The Morgan fingerprint density at radius 1 is 1.05 bits per heavy atom. The van der Waals surface area contributed by atoms with Crippen LogP contribution in [0.1, 0.15) is 11.1 Å². The molecule has 0 bridgehead atoms. The molecular weight excluding hydrogens is 258 g/mol. The predicted molar refractivity (Wildman–Crippen MR) is 88.9 cm³/mol. The second-order valence-corrected chi connectivity index (χ2v) is 5.26. The van der Waals surface area contributed by atoms with Gasteiger partial charge in [-0.05, 0) is 36.8 Å². The van der Waals surface area contributed by atoms with Gasteiger partial charge in [-0.2, -0.15) is 0 Å². The third-order valence-electron chi connectivity index (χ3n) is 3.77. The van der Waals surface area contributed by atoms with E-state index in [0.29, 0.717) is 6.54 Å². The minimum Gasteiger partial charge on any atom is -0.329 e. The highest BCUT2D eigenvalue weighted by Crippen LogP contribution is 2.27. The maximum atomic E-state index is 5.90. The Balaban J connectivity index is 2.09. The maximum Gasteiger partial charge on any atom is 0.133 e. The molecule has 3 rings (SSSR count). The lowest BCUT2D eigenvalue weighted by molar-refractivity contribution is 1.06. The normalized spacial score (nSPS) is 10.8. The Bertz CT molecular complexity index is 763. The molecule has 106 valence electrons. The van der Waals surface area contributed by atoms with Crippen LogP contribution in [0.3, 0.4) is 0 Å². The van der Waals surface area contributed by atoms with Crippen molar-refractivity contribution in [3.05, 3.63) is 65.7 Å². The number of hydrogen-bond donors (Lipinski definition) is 1. The van der Waals surface area contributed by atoms with Gasteiger partial charge >= 0.3 is 0 Å². The van der Waals surface area contributed by atoms with Gasteiger partial charge in [0.25, 0.3) is 0 Å². The van der Waals surface area contributed by atoms with Crippen molar-refractivity contribution < 1.29 is 0 Å². The number of anilines is 2. The van der Waals surface area contributed by atoms with Crippen LogP contribution in [0, 0.1) is 6.92 Å². The van der Waals surface area contributed by atoms with Crippen molar-refractivity contribution in [3.8, 4) is 0 Å². The Morgan fingerprint density at radius 3 is 2.48 bits per heavy atom. The SMILES string of the molecule is Cc1ccc(N(C)c2cc(CN)c3ccccc3n2)cc1. The standard InChI is InChI=1S/C18H19N3/c1-13-7-9-15(10-8-13)21(2)18-11-14(12-19)16-5-3-4-6-17(16)20-18/h3-11H,12,19H2,1-2H3. The molecule has 3 aromatic rings. The molecule has 3 nitrogen and oxygen atoms in total. The highest BCUT2D eigenvalue weighted by atomic mass is 15.2. The molecule has 0 spiro atoms. The summed E-state index contributed by atoms with van der Waals surface area (Å²) in [4.78, 5) is 6.84. The first-order chi connectivity index (χ1) is 10.2. The molecule has 1 heterocycles. The summed E-state index contributed by atoms with van der Waals surface area (Å²) in [5.74, 6) is 0.915. The zero-order chi connectivity index (χ0) is 14.8. The lowest BCUT2D eigenvalue weighted by Crippen LogP contribution is -2.12. The molecule has 0 aliphatic rings. The Kier molecular flexibility index (Phi) is 3.59. The van der Waals surface area contributed by atoms with Gasteiger partial charge in [-0.3, -0.25) is 0 Å². The molecule has 0 fully saturated rings. The minimum absolute atomic E-state index is 0.512. The van der Waals surface area contributed by atoms with Crippen molar-refractivity contribution in [2.75, 3.05) is 11.9 Å². The first kappa shape index (κ1) is 13.6. The van der Waals surface area contributed by atoms with Gasteiger partial charge in [0.1, 0.15) is 5.82 Å². The number of rotatable bonds is 3. The molecule has 0 saturated carbocycles. The molecule has 0 radical (unpaired) electrons. The maximum absolute atomic E-state index is 5.90. The number of aromatic nitrogens is 1. The van der Waals surface area contributed by atoms with Crippen molar-refractivity contribution in [2.45, 2.75) is 13.5 Å². The highest BCUT2D eigenvalue weighted by molar-refractivity contribution is 5.84. The van der Waals surface area contributed by atoms with Crippen molar-refractivity contribution >= 4 is 22.4 Å². The van der Waals surface area contributed by atoms with Crippen LogP contribution in [0.15, 0.2) is 54.6 Å². The molecule has 1 aromatic heterocycles. The van der Waals surface area contributed by atoms with Crippen molar-refractivity contribution in [3.63, 3.8) is 0 Å². The smallest absolute Gasteiger partial charge is 0.133 e. The first-order valence-corrected chi connectivity index (χ1v) is 7.08. The van der Waals surface area contributed by atoms with Crippen LogP contribution in [-0.4, -0.2) is 12.0 Å². The Labute approximate surface area is 125 Å². The quantitative estimate of drug-likeness (QED) is 0.792. The van der Waals surface area contributed by atoms with Crippen LogP contribution >= 0.6 is 0 Å². The van der Waals surface area contributed by atoms with Crippen molar-refractivity contribution in [1.29, 1.82) is 0 Å². The number of para-hydroxylation sites is 1. The Hall–Kier alpha value is -2.39. The van der Waals surface area contributed by atoms with Gasteiger partial charge in [-0.15, -0.1) is 0 Å². The topological polar surface area (TPSA) is 42.1 Å². The highest BCUT2D eigenvalue weighted by Gasteiger charge is 2.09. The van der Waals surface area contributed by atoms with Gasteiger partial charge < -0.3 is 10.6 Å². The molecule has 0 amide bonds. The van der Waals surface area contributed by atoms with E-state index >= 15 is 0 Å². The molecule has 2 N–H and O–H groups in total. The lowest BCUT2D eigenvalue weighted by atomic mass is 10.1. The summed E-state index contributed by atoms with van der Waals surface area (Å²) in [7, 11) is 2.03. The summed E-state index contributed by atoms with van der Waals surface area (Å²) in [6.45, 7) is 2.60. The number of nitrogens with zero attached hydrogens (tertiary/aromatic N) is 2. The van der Waals surface area contributed by atoms with E-state index in [4.69, 9.17) is 10.7 Å². The number of fused-ring (bicyclic) bond motifs is 1. The van der Waals surface area contributed by atoms with Gasteiger partial charge in [0.2, 0.25) is 0 Å². The number of nitrogens with two attached hydrogens (primary N) is 1. The molecule has 2 aromatic carbocycles. The van der Waals surface area contributed by atoms with Crippen LogP contribution in [-0.2, 0) is 6.54 Å². The molecular formula is C18H19N3. The van der Waals surface area contributed by atoms with E-state index in [-0.39, 0.29) is 0 Å². The van der Waals surface area contributed by atoms with Crippen LogP contribution in [0.4, 0.5) is 11.5 Å². The Morgan fingerprint density at radius 2 is 1.76 bits per heavy atom. The largest absolute Gasteiger partial charge is 0.329 e. The van der Waals surface area contributed by atoms with E-state index in [1.807, 2.05) is 25.2 Å². The van der Waals surface area contributed by atoms with E-state index in [1.165, 1.54) is 5.56 Å². The monoisotopic (exact) mass is 277 g/mol. The summed E-state index contributed by atoms with van der Waals surface area (Å²) in [5, 5.41) is 1.13. The lowest BCUT2D eigenvalue weighted by Gasteiger charge is -2.20. The fourth-order valence-electron chi connectivity index (χ4n) is 2.47. The molecule has 21 heavy (non-hydrogen) atoms. The predicted octanol–water partition coefficient (Wildman–Crippen LogP) is 3.77. The van der Waals surface area contributed by atoms with Crippen LogP contribution < -0.4 is 10.6 Å². The van der Waals surface area contributed by atoms with Crippen LogP contribution in [0.5, 0.6) is 0 Å². The van der Waals surface area contributed by atoms with E-state index in [1.54, 1.807) is 0 Å². The second-order valence-electron chi connectivity index (χ2n) is 5.26. The molecule has 0 atom stereocenters. The van der Waals surface area contributed by atoms with Gasteiger partial charge in [0.05, 0.1) is 5.52 Å². The van der Waals surface area contributed by atoms with Gasteiger partial charge in [0.15, 0.2) is 0 Å². The minimum atomic E-state index is 0.512. The summed E-state index contributed by atoms with van der Waals surface area (Å²) < 4.78 is 0. The van der Waals surface area contributed by atoms with Crippen LogP contribution in [0.2, 0.25) is 0 Å². The molecule has 0 aliphatic carbocycles. The first-order valence-electron chi connectivity index (χ1n) is 7.08. The van der Waals surface area contributed by atoms with E-state index < -0.39 is 0 Å². The van der Waals surface area contributed by atoms with Crippen LogP contribution in [0.25, 0.3) is 10.9 Å². The van der Waals surface area contributed by atoms with Gasteiger partial charge in [0, 0.05) is 24.7 Å². The number of pyridine rings is 1. The average molecular weight is 277 g/mol. The van der Waals surface area contributed by atoms with Crippen molar-refractivity contribution in [1.82, 2.24) is 4.98 Å². The molecule has 0 aliphatic heterocycles. The van der Waals surface area contributed by atoms with Crippen molar-refractivity contribution in [2.24, 2.45) is 5.73 Å². The fraction of sp³-hybridized carbons (Fsp3) is 0.167.